The van der Waals surface area contributed by atoms with E-state index in [1.165, 1.54) is 0 Å². The lowest BCUT2D eigenvalue weighted by molar-refractivity contribution is -0.138. The van der Waals surface area contributed by atoms with Gasteiger partial charge in [-0.15, -0.1) is 0 Å². The smallest absolute Gasteiger partial charge is 0.310 e. The number of carboxylic acid groups (broad SMARTS) is 1. The van der Waals surface area contributed by atoms with E-state index in [2.05, 4.69) is 0 Å². The molecular formula is C13H13NO2. The quantitative estimate of drug-likeness (QED) is 0.757. The Labute approximate surface area is 93.5 Å². The molecule has 0 amide bonds. The number of anilines is 1. The summed E-state index contributed by atoms with van der Waals surface area (Å²) in [4.78, 5) is 10.9. The molecule has 2 aromatic rings. The first-order chi connectivity index (χ1) is 7.61. The van der Waals surface area contributed by atoms with Crippen LogP contribution in [0.5, 0.6) is 0 Å². The fourth-order valence-electron chi connectivity index (χ4n) is 1.82. The standard InChI is InChI=1S/C13H13NO2/c1-8(13(15)16)10-7-6-9-4-2-3-5-11(9)12(10)14/h2-8H,14H2,1H3,(H,15,16). The molecule has 0 radical (unpaired) electrons. The van der Waals surface area contributed by atoms with Crippen LogP contribution in [-0.4, -0.2) is 11.1 Å². The third-order valence-electron chi connectivity index (χ3n) is 2.84. The number of carboxylic acids is 1. The molecule has 2 rings (SSSR count). The Morgan fingerprint density at radius 2 is 1.94 bits per heavy atom. The van der Waals surface area contributed by atoms with Crippen LogP contribution in [-0.2, 0) is 4.79 Å². The summed E-state index contributed by atoms with van der Waals surface area (Å²) in [5.74, 6) is -1.44. The Hall–Kier alpha value is -2.03. The summed E-state index contributed by atoms with van der Waals surface area (Å²) >= 11 is 0. The van der Waals surface area contributed by atoms with Gasteiger partial charge in [-0.3, -0.25) is 4.79 Å². The topological polar surface area (TPSA) is 63.3 Å². The van der Waals surface area contributed by atoms with E-state index in [1.54, 1.807) is 13.0 Å². The normalized spacial score (nSPS) is 12.6. The van der Waals surface area contributed by atoms with E-state index in [4.69, 9.17) is 10.8 Å². The fraction of sp³-hybridized carbons (Fsp3) is 0.154. The van der Waals surface area contributed by atoms with Crippen molar-refractivity contribution in [3.63, 3.8) is 0 Å². The first kappa shape index (κ1) is 10.5. The van der Waals surface area contributed by atoms with E-state index in [0.29, 0.717) is 11.3 Å². The Bertz CT molecular complexity index is 549. The monoisotopic (exact) mass is 215 g/mol. The van der Waals surface area contributed by atoms with E-state index < -0.39 is 11.9 Å². The molecule has 0 fully saturated rings. The number of aliphatic carboxylic acids is 1. The molecule has 1 atom stereocenters. The minimum absolute atomic E-state index is 0.563. The Kier molecular flexibility index (Phi) is 2.52. The number of hydrogen-bond donors (Lipinski definition) is 2. The maximum atomic E-state index is 10.9. The molecule has 0 aliphatic heterocycles. The molecule has 82 valence electrons. The van der Waals surface area contributed by atoms with Gasteiger partial charge in [0.15, 0.2) is 0 Å². The minimum Gasteiger partial charge on any atom is -0.481 e. The van der Waals surface area contributed by atoms with Gasteiger partial charge in [-0.05, 0) is 17.9 Å². The molecule has 16 heavy (non-hydrogen) atoms. The number of carbonyl (C=O) groups is 1. The van der Waals surface area contributed by atoms with Gasteiger partial charge < -0.3 is 10.8 Å². The molecule has 0 saturated carbocycles. The van der Waals surface area contributed by atoms with Crippen LogP contribution in [0.25, 0.3) is 10.8 Å². The van der Waals surface area contributed by atoms with E-state index in [0.717, 1.165) is 10.8 Å². The fourth-order valence-corrected chi connectivity index (χ4v) is 1.82. The average Bonchev–Trinajstić information content (AvgIpc) is 2.29. The second kappa shape index (κ2) is 3.85. The third-order valence-corrected chi connectivity index (χ3v) is 2.84. The molecule has 0 heterocycles. The van der Waals surface area contributed by atoms with E-state index in [-0.39, 0.29) is 0 Å². The van der Waals surface area contributed by atoms with Crippen molar-refractivity contribution in [3.8, 4) is 0 Å². The Morgan fingerprint density at radius 1 is 1.25 bits per heavy atom. The maximum absolute atomic E-state index is 10.9. The average molecular weight is 215 g/mol. The summed E-state index contributed by atoms with van der Waals surface area (Å²) in [6.45, 7) is 1.64. The highest BCUT2D eigenvalue weighted by Gasteiger charge is 2.17. The largest absolute Gasteiger partial charge is 0.481 e. The minimum atomic E-state index is -0.859. The highest BCUT2D eigenvalue weighted by Crippen LogP contribution is 2.29. The number of fused-ring (bicyclic) bond motifs is 1. The lowest BCUT2D eigenvalue weighted by Gasteiger charge is -2.12. The summed E-state index contributed by atoms with van der Waals surface area (Å²) in [5, 5.41) is 10.9. The van der Waals surface area contributed by atoms with E-state index in [1.807, 2.05) is 30.3 Å². The molecule has 0 aliphatic carbocycles. The van der Waals surface area contributed by atoms with Gasteiger partial charge in [0.1, 0.15) is 0 Å². The molecule has 0 saturated heterocycles. The second-order valence-electron chi connectivity index (χ2n) is 3.85. The number of hydrogen-bond acceptors (Lipinski definition) is 2. The molecule has 0 aromatic heterocycles. The highest BCUT2D eigenvalue weighted by molar-refractivity contribution is 5.96. The molecular weight excluding hydrogens is 202 g/mol. The zero-order chi connectivity index (χ0) is 11.7. The van der Waals surface area contributed by atoms with Crippen molar-refractivity contribution in [1.29, 1.82) is 0 Å². The van der Waals surface area contributed by atoms with Crippen LogP contribution in [0.4, 0.5) is 5.69 Å². The number of nitrogens with two attached hydrogens (primary N) is 1. The van der Waals surface area contributed by atoms with Crippen LogP contribution in [0.3, 0.4) is 0 Å². The SMILES string of the molecule is CC(C(=O)O)c1ccc2ccccc2c1N. The van der Waals surface area contributed by atoms with Gasteiger partial charge in [-0.1, -0.05) is 36.4 Å². The zero-order valence-electron chi connectivity index (χ0n) is 8.97. The summed E-state index contributed by atoms with van der Waals surface area (Å²) in [6.07, 6.45) is 0. The van der Waals surface area contributed by atoms with Crippen LogP contribution < -0.4 is 5.73 Å². The third kappa shape index (κ3) is 1.60. The summed E-state index contributed by atoms with van der Waals surface area (Å²) < 4.78 is 0. The molecule has 3 heteroatoms. The molecule has 0 aliphatic rings. The number of rotatable bonds is 2. The Balaban J connectivity index is 2.65. The van der Waals surface area contributed by atoms with Crippen molar-refractivity contribution in [2.24, 2.45) is 0 Å². The molecule has 2 aromatic carbocycles. The van der Waals surface area contributed by atoms with Crippen LogP contribution in [0.15, 0.2) is 36.4 Å². The van der Waals surface area contributed by atoms with Crippen LogP contribution >= 0.6 is 0 Å². The first-order valence-electron chi connectivity index (χ1n) is 5.11. The predicted molar refractivity (Wildman–Crippen MR) is 64.4 cm³/mol. The van der Waals surface area contributed by atoms with E-state index >= 15 is 0 Å². The van der Waals surface area contributed by atoms with Crippen molar-refractivity contribution in [2.75, 3.05) is 5.73 Å². The lowest BCUT2D eigenvalue weighted by Crippen LogP contribution is -2.09. The van der Waals surface area contributed by atoms with Gasteiger partial charge in [0.2, 0.25) is 0 Å². The predicted octanol–water partition coefficient (Wildman–Crippen LogP) is 2.61. The van der Waals surface area contributed by atoms with Gasteiger partial charge >= 0.3 is 5.97 Å². The van der Waals surface area contributed by atoms with Crippen molar-refractivity contribution in [3.05, 3.63) is 42.0 Å². The van der Waals surface area contributed by atoms with Gasteiger partial charge in [0, 0.05) is 11.1 Å². The van der Waals surface area contributed by atoms with Crippen LogP contribution in [0.2, 0.25) is 0 Å². The number of nitrogen functional groups attached to an aromatic ring is 1. The van der Waals surface area contributed by atoms with Crippen LogP contribution in [0.1, 0.15) is 18.4 Å². The summed E-state index contributed by atoms with van der Waals surface area (Å²) in [5.41, 5.74) is 7.23. The van der Waals surface area contributed by atoms with Crippen molar-refractivity contribution >= 4 is 22.4 Å². The van der Waals surface area contributed by atoms with Gasteiger partial charge in [0.05, 0.1) is 5.92 Å². The highest BCUT2D eigenvalue weighted by atomic mass is 16.4. The molecule has 0 bridgehead atoms. The molecule has 3 N–H and O–H groups in total. The molecule has 1 unspecified atom stereocenters. The molecule has 0 spiro atoms. The Morgan fingerprint density at radius 3 is 2.62 bits per heavy atom. The zero-order valence-corrected chi connectivity index (χ0v) is 8.97. The second-order valence-corrected chi connectivity index (χ2v) is 3.85. The van der Waals surface area contributed by atoms with Gasteiger partial charge in [-0.25, -0.2) is 0 Å². The van der Waals surface area contributed by atoms with Gasteiger partial charge in [-0.2, -0.15) is 0 Å². The molecule has 3 nitrogen and oxygen atoms in total. The van der Waals surface area contributed by atoms with Crippen molar-refractivity contribution in [2.45, 2.75) is 12.8 Å². The number of benzene rings is 2. The van der Waals surface area contributed by atoms with Crippen molar-refractivity contribution in [1.82, 2.24) is 0 Å². The van der Waals surface area contributed by atoms with Crippen molar-refractivity contribution < 1.29 is 9.90 Å². The lowest BCUT2D eigenvalue weighted by atomic mass is 9.95. The maximum Gasteiger partial charge on any atom is 0.310 e. The summed E-state index contributed by atoms with van der Waals surface area (Å²) in [6, 6.07) is 11.4. The van der Waals surface area contributed by atoms with E-state index in [9.17, 15) is 4.79 Å². The summed E-state index contributed by atoms with van der Waals surface area (Å²) in [7, 11) is 0. The first-order valence-corrected chi connectivity index (χ1v) is 5.11. The van der Waals surface area contributed by atoms with Crippen LogP contribution in [0, 0.1) is 0 Å². The van der Waals surface area contributed by atoms with Gasteiger partial charge in [0.25, 0.3) is 0 Å².